The van der Waals surface area contributed by atoms with Crippen LogP contribution in [-0.4, -0.2) is 24.9 Å². The molecular weight excluding hydrogens is 276 g/mol. The lowest BCUT2D eigenvalue weighted by Crippen LogP contribution is -1.96. The average molecular weight is 289 g/mol. The van der Waals surface area contributed by atoms with Crippen molar-refractivity contribution in [3.8, 4) is 5.75 Å². The molecule has 0 fully saturated rings. The first kappa shape index (κ1) is 13.2. The van der Waals surface area contributed by atoms with Gasteiger partial charge in [0.15, 0.2) is 5.03 Å². The van der Waals surface area contributed by atoms with E-state index in [4.69, 9.17) is 15.4 Å². The van der Waals surface area contributed by atoms with Crippen molar-refractivity contribution in [1.82, 2.24) is 9.38 Å². The van der Waals surface area contributed by atoms with Gasteiger partial charge in [-0.15, -0.1) is 0 Å². The number of pyridine rings is 1. The van der Waals surface area contributed by atoms with Crippen LogP contribution in [-0.2, 0) is 9.05 Å². The van der Waals surface area contributed by atoms with Crippen LogP contribution in [0.15, 0.2) is 23.4 Å². The molecule has 2 heterocycles. The number of methoxy groups -OCH3 is 1. The molecule has 0 atom stereocenters. The van der Waals surface area contributed by atoms with Gasteiger partial charge in [0.25, 0.3) is 9.05 Å². The van der Waals surface area contributed by atoms with E-state index < -0.39 is 9.05 Å². The Hall–Kier alpha value is -1.27. The van der Waals surface area contributed by atoms with Crippen LogP contribution in [0.2, 0.25) is 0 Å². The summed E-state index contributed by atoms with van der Waals surface area (Å²) in [4.78, 5) is 4.12. The molecule has 0 amide bonds. The van der Waals surface area contributed by atoms with E-state index in [9.17, 15) is 8.42 Å². The fourth-order valence-electron chi connectivity index (χ4n) is 1.77. The summed E-state index contributed by atoms with van der Waals surface area (Å²) in [5.41, 5.74) is 0.424. The number of imidazole rings is 1. The first-order valence-electron chi connectivity index (χ1n) is 5.35. The van der Waals surface area contributed by atoms with Gasteiger partial charge in [-0.25, -0.2) is 13.4 Å². The van der Waals surface area contributed by atoms with Crippen LogP contribution in [0.25, 0.3) is 5.52 Å². The minimum atomic E-state index is -3.88. The zero-order valence-corrected chi connectivity index (χ0v) is 11.8. The topological polar surface area (TPSA) is 60.7 Å². The number of halogens is 1. The van der Waals surface area contributed by atoms with Crippen molar-refractivity contribution in [1.29, 1.82) is 0 Å². The van der Waals surface area contributed by atoms with Gasteiger partial charge in [-0.2, -0.15) is 0 Å². The second-order valence-corrected chi connectivity index (χ2v) is 6.67. The van der Waals surface area contributed by atoms with Crippen molar-refractivity contribution in [3.63, 3.8) is 0 Å². The van der Waals surface area contributed by atoms with E-state index in [1.54, 1.807) is 22.7 Å². The summed E-state index contributed by atoms with van der Waals surface area (Å²) in [6.07, 6.45) is 1.72. The molecule has 18 heavy (non-hydrogen) atoms. The molecule has 2 aromatic heterocycles. The van der Waals surface area contributed by atoms with Crippen LogP contribution >= 0.6 is 10.7 Å². The van der Waals surface area contributed by atoms with Crippen LogP contribution in [0.3, 0.4) is 0 Å². The predicted octanol–water partition coefficient (Wildman–Crippen LogP) is 2.39. The van der Waals surface area contributed by atoms with Gasteiger partial charge in [-0.05, 0) is 6.07 Å². The molecule has 0 bridgehead atoms. The smallest absolute Gasteiger partial charge is 0.280 e. The molecule has 0 saturated heterocycles. The third-order valence-corrected chi connectivity index (χ3v) is 3.79. The van der Waals surface area contributed by atoms with E-state index >= 15 is 0 Å². The van der Waals surface area contributed by atoms with Crippen LogP contribution < -0.4 is 4.74 Å². The number of rotatable bonds is 3. The first-order valence-corrected chi connectivity index (χ1v) is 7.66. The van der Waals surface area contributed by atoms with Gasteiger partial charge < -0.3 is 9.14 Å². The number of hydrogen-bond donors (Lipinski definition) is 0. The fraction of sp³-hybridized carbons (Fsp3) is 0.364. The zero-order chi connectivity index (χ0) is 13.5. The van der Waals surface area contributed by atoms with Crippen molar-refractivity contribution in [3.05, 3.63) is 24.2 Å². The van der Waals surface area contributed by atoms with E-state index in [-0.39, 0.29) is 10.9 Å². The zero-order valence-electron chi connectivity index (χ0n) is 10.2. The van der Waals surface area contributed by atoms with E-state index in [1.807, 2.05) is 13.8 Å². The Labute approximate surface area is 110 Å². The van der Waals surface area contributed by atoms with Gasteiger partial charge in [0, 0.05) is 28.9 Å². The van der Waals surface area contributed by atoms with Crippen LogP contribution in [0.5, 0.6) is 5.75 Å². The van der Waals surface area contributed by atoms with Crippen LogP contribution in [0, 0.1) is 0 Å². The molecule has 2 rings (SSSR count). The molecule has 0 aromatic carbocycles. The lowest BCUT2D eigenvalue weighted by molar-refractivity contribution is 0.414. The second kappa shape index (κ2) is 4.44. The number of ether oxygens (including phenoxy) is 1. The summed E-state index contributed by atoms with van der Waals surface area (Å²) in [5, 5.41) is -0.133. The molecule has 0 N–H and O–H groups in total. The molecule has 0 aliphatic carbocycles. The predicted molar refractivity (Wildman–Crippen MR) is 68.9 cm³/mol. The summed E-state index contributed by atoms with van der Waals surface area (Å²) in [5.74, 6) is 1.28. The SMILES string of the molecule is COc1ccn2c(C(C)C)nc(S(=O)(=O)Cl)c2c1. The maximum absolute atomic E-state index is 11.5. The van der Waals surface area contributed by atoms with Crippen molar-refractivity contribution in [2.75, 3.05) is 7.11 Å². The van der Waals surface area contributed by atoms with Gasteiger partial charge in [-0.3, -0.25) is 0 Å². The van der Waals surface area contributed by atoms with Gasteiger partial charge >= 0.3 is 0 Å². The monoisotopic (exact) mass is 288 g/mol. The minimum Gasteiger partial charge on any atom is -0.497 e. The summed E-state index contributed by atoms with van der Waals surface area (Å²) in [7, 11) is 3.04. The third-order valence-electron chi connectivity index (χ3n) is 2.59. The van der Waals surface area contributed by atoms with E-state index in [1.165, 1.54) is 7.11 Å². The van der Waals surface area contributed by atoms with E-state index in [0.717, 1.165) is 0 Å². The van der Waals surface area contributed by atoms with E-state index in [2.05, 4.69) is 4.98 Å². The quantitative estimate of drug-likeness (QED) is 0.814. The van der Waals surface area contributed by atoms with Crippen molar-refractivity contribution < 1.29 is 13.2 Å². The molecule has 2 aromatic rings. The molecule has 0 radical (unpaired) electrons. The minimum absolute atomic E-state index is 0.0815. The van der Waals surface area contributed by atoms with Crippen LogP contribution in [0.1, 0.15) is 25.6 Å². The Morgan fingerprint density at radius 1 is 1.44 bits per heavy atom. The first-order chi connectivity index (χ1) is 8.34. The lowest BCUT2D eigenvalue weighted by atomic mass is 10.2. The molecule has 0 aliphatic heterocycles. The Morgan fingerprint density at radius 2 is 2.11 bits per heavy atom. The molecule has 0 unspecified atom stereocenters. The Bertz CT molecular complexity index is 692. The van der Waals surface area contributed by atoms with Gasteiger partial charge in [-0.1, -0.05) is 13.8 Å². The van der Waals surface area contributed by atoms with E-state index in [0.29, 0.717) is 17.1 Å². The molecule has 98 valence electrons. The number of hydrogen-bond acceptors (Lipinski definition) is 4. The molecule has 7 heteroatoms. The lowest BCUT2D eigenvalue weighted by Gasteiger charge is -2.05. The Kier molecular flexibility index (Phi) is 3.25. The van der Waals surface area contributed by atoms with Crippen LogP contribution in [0.4, 0.5) is 0 Å². The third kappa shape index (κ3) is 2.18. The molecule has 5 nitrogen and oxygen atoms in total. The highest BCUT2D eigenvalue weighted by atomic mass is 35.7. The highest BCUT2D eigenvalue weighted by Crippen LogP contribution is 2.27. The Morgan fingerprint density at radius 3 is 2.61 bits per heavy atom. The average Bonchev–Trinajstić information content (AvgIpc) is 2.66. The second-order valence-electron chi connectivity index (χ2n) is 4.19. The molecular formula is C11H13ClN2O3S. The maximum Gasteiger partial charge on any atom is 0.280 e. The standard InChI is InChI=1S/C11H13ClN2O3S/c1-7(2)10-13-11(18(12,15)16)9-6-8(17-3)4-5-14(9)10/h4-7H,1-3H3. The summed E-state index contributed by atoms with van der Waals surface area (Å²) in [6.45, 7) is 3.87. The fourth-order valence-corrected chi connectivity index (χ4v) is 2.72. The van der Waals surface area contributed by atoms with Crippen molar-refractivity contribution in [2.24, 2.45) is 0 Å². The number of nitrogens with zero attached hydrogens (tertiary/aromatic N) is 2. The summed E-state index contributed by atoms with van der Waals surface area (Å²) >= 11 is 0. The molecule has 0 saturated carbocycles. The summed E-state index contributed by atoms with van der Waals surface area (Å²) < 4.78 is 29.9. The molecule has 0 aliphatic rings. The number of fused-ring (bicyclic) bond motifs is 1. The highest BCUT2D eigenvalue weighted by Gasteiger charge is 2.22. The van der Waals surface area contributed by atoms with Crippen molar-refractivity contribution in [2.45, 2.75) is 24.8 Å². The summed E-state index contributed by atoms with van der Waals surface area (Å²) in [6, 6.07) is 3.35. The van der Waals surface area contributed by atoms with Crippen molar-refractivity contribution >= 4 is 25.2 Å². The highest BCUT2D eigenvalue weighted by molar-refractivity contribution is 8.13. The maximum atomic E-state index is 11.5. The molecule has 0 spiro atoms. The van der Waals surface area contributed by atoms with Gasteiger partial charge in [0.2, 0.25) is 0 Å². The normalized spacial score (nSPS) is 12.3. The van der Waals surface area contributed by atoms with Gasteiger partial charge in [0.05, 0.1) is 12.6 Å². The largest absolute Gasteiger partial charge is 0.497 e. The number of aromatic nitrogens is 2. The Balaban J connectivity index is 2.85. The van der Waals surface area contributed by atoms with Gasteiger partial charge in [0.1, 0.15) is 11.6 Å².